The van der Waals surface area contributed by atoms with Crippen LogP contribution >= 0.6 is 23.2 Å². The summed E-state index contributed by atoms with van der Waals surface area (Å²) in [5.74, 6) is 0. The minimum atomic E-state index is -3.26. The van der Waals surface area contributed by atoms with Crippen molar-refractivity contribution < 1.29 is 13.2 Å². The predicted octanol–water partition coefficient (Wildman–Crippen LogP) is 4.05. The van der Waals surface area contributed by atoms with Gasteiger partial charge >= 0.3 is 0 Å². The molecule has 0 heterocycles. The summed E-state index contributed by atoms with van der Waals surface area (Å²) in [5.41, 5.74) is 1.42. The number of hydrogen-bond acceptors (Lipinski definition) is 3. The maximum absolute atomic E-state index is 11.7. The van der Waals surface area contributed by atoms with Crippen molar-refractivity contribution in [2.75, 3.05) is 6.26 Å². The van der Waals surface area contributed by atoms with Crippen molar-refractivity contribution in [1.29, 1.82) is 0 Å². The van der Waals surface area contributed by atoms with E-state index in [1.807, 2.05) is 0 Å². The number of allylic oxidation sites excluding steroid dienone is 1. The molecule has 0 fully saturated rings. The van der Waals surface area contributed by atoms with Gasteiger partial charge in [-0.15, -0.1) is 0 Å². The van der Waals surface area contributed by atoms with Crippen molar-refractivity contribution in [3.05, 3.63) is 64.7 Å². The summed E-state index contributed by atoms with van der Waals surface area (Å²) < 4.78 is 22.9. The molecule has 0 amide bonds. The summed E-state index contributed by atoms with van der Waals surface area (Å²) in [7, 11) is -3.26. The third-order valence-electron chi connectivity index (χ3n) is 3.00. The van der Waals surface area contributed by atoms with Crippen molar-refractivity contribution >= 4 is 49.9 Å². The molecule has 0 aliphatic rings. The highest BCUT2D eigenvalue weighted by molar-refractivity contribution is 7.90. The largest absolute Gasteiger partial charge is 0.276 e. The van der Waals surface area contributed by atoms with Crippen LogP contribution in [0.4, 0.5) is 0 Å². The molecule has 0 saturated carbocycles. The Morgan fingerprint density at radius 3 is 2.14 bits per heavy atom. The molecule has 0 bridgehead atoms. The van der Waals surface area contributed by atoms with Crippen molar-refractivity contribution in [3.8, 4) is 0 Å². The van der Waals surface area contributed by atoms with Gasteiger partial charge in [0.25, 0.3) is 5.24 Å². The van der Waals surface area contributed by atoms with Gasteiger partial charge in [0.2, 0.25) is 0 Å². The zero-order chi connectivity index (χ0) is 16.3. The minimum Gasteiger partial charge on any atom is -0.276 e. The Bertz CT molecular complexity index is 838. The van der Waals surface area contributed by atoms with Gasteiger partial charge in [-0.1, -0.05) is 41.9 Å². The van der Waals surface area contributed by atoms with Crippen LogP contribution in [0.3, 0.4) is 0 Å². The van der Waals surface area contributed by atoms with E-state index in [-0.39, 0.29) is 10.5 Å². The van der Waals surface area contributed by atoms with Crippen LogP contribution in [0.25, 0.3) is 11.6 Å². The zero-order valence-electron chi connectivity index (χ0n) is 11.6. The molecule has 114 valence electrons. The molecular formula is C16H12Cl2O3S. The first-order valence-electron chi connectivity index (χ1n) is 6.25. The third kappa shape index (κ3) is 3.97. The van der Waals surface area contributed by atoms with Crippen molar-refractivity contribution in [2.24, 2.45) is 0 Å². The smallest absolute Gasteiger partial charge is 0.253 e. The fourth-order valence-corrected chi connectivity index (χ4v) is 2.92. The van der Waals surface area contributed by atoms with E-state index in [1.54, 1.807) is 42.5 Å². The number of hydrogen-bond donors (Lipinski definition) is 0. The molecule has 0 saturated heterocycles. The van der Waals surface area contributed by atoms with Crippen LogP contribution in [0.1, 0.15) is 11.1 Å². The lowest BCUT2D eigenvalue weighted by Crippen LogP contribution is -1.97. The Hall–Kier alpha value is -1.62. The first-order chi connectivity index (χ1) is 10.3. The molecule has 0 aromatic heterocycles. The summed E-state index contributed by atoms with van der Waals surface area (Å²) in [6.45, 7) is 0. The van der Waals surface area contributed by atoms with E-state index in [2.05, 4.69) is 0 Å². The van der Waals surface area contributed by atoms with Gasteiger partial charge in [-0.05, 0) is 41.4 Å². The van der Waals surface area contributed by atoms with E-state index in [1.165, 1.54) is 12.1 Å². The molecule has 2 aromatic rings. The van der Waals surface area contributed by atoms with Gasteiger partial charge in [0.1, 0.15) is 0 Å². The topological polar surface area (TPSA) is 51.2 Å². The normalized spacial score (nSPS) is 12.2. The molecule has 0 unspecified atom stereocenters. The van der Waals surface area contributed by atoms with Gasteiger partial charge in [0.15, 0.2) is 9.84 Å². The van der Waals surface area contributed by atoms with Crippen LogP contribution in [0.2, 0.25) is 5.02 Å². The zero-order valence-corrected chi connectivity index (χ0v) is 13.9. The molecule has 2 rings (SSSR count). The first-order valence-corrected chi connectivity index (χ1v) is 8.90. The Morgan fingerprint density at radius 1 is 1.05 bits per heavy atom. The molecule has 0 aliphatic carbocycles. The molecular weight excluding hydrogens is 343 g/mol. The monoisotopic (exact) mass is 354 g/mol. The summed E-state index contributed by atoms with van der Waals surface area (Å²) in [5, 5.41) is -0.226. The van der Waals surface area contributed by atoms with Crippen LogP contribution in [-0.2, 0) is 14.6 Å². The van der Waals surface area contributed by atoms with Crippen molar-refractivity contribution in [3.63, 3.8) is 0 Å². The van der Waals surface area contributed by atoms with Gasteiger partial charge in [0, 0.05) is 22.4 Å². The quantitative estimate of drug-likeness (QED) is 0.472. The Morgan fingerprint density at radius 2 is 1.64 bits per heavy atom. The second-order valence-electron chi connectivity index (χ2n) is 4.65. The number of halogens is 2. The molecule has 0 radical (unpaired) electrons. The maximum atomic E-state index is 11.7. The van der Waals surface area contributed by atoms with Crippen molar-refractivity contribution in [1.82, 2.24) is 0 Å². The lowest BCUT2D eigenvalue weighted by atomic mass is 10.0. The average Bonchev–Trinajstić information content (AvgIpc) is 2.45. The number of carbonyl (C=O) groups is 1. The number of rotatable bonds is 4. The van der Waals surface area contributed by atoms with E-state index in [4.69, 9.17) is 23.2 Å². The molecule has 0 aliphatic heterocycles. The Kier molecular flexibility index (Phi) is 5.06. The SMILES string of the molecule is CS(=O)(=O)c1ccc(/C=C(/C(=O)Cl)c2ccccc2Cl)cc1. The predicted molar refractivity (Wildman–Crippen MR) is 89.7 cm³/mol. The van der Waals surface area contributed by atoms with Crippen LogP contribution < -0.4 is 0 Å². The van der Waals surface area contributed by atoms with Crippen molar-refractivity contribution in [2.45, 2.75) is 4.90 Å². The standard InChI is InChI=1S/C16H12Cl2O3S/c1-22(20,21)12-8-6-11(7-9-12)10-14(16(18)19)13-4-2-3-5-15(13)17/h2-10H,1H3/b14-10+. The molecule has 2 aromatic carbocycles. The summed E-state index contributed by atoms with van der Waals surface area (Å²) in [6, 6.07) is 13.0. The van der Waals surface area contributed by atoms with E-state index in [0.29, 0.717) is 16.1 Å². The van der Waals surface area contributed by atoms with Gasteiger partial charge < -0.3 is 0 Å². The minimum absolute atomic E-state index is 0.209. The number of sulfone groups is 1. The second kappa shape index (κ2) is 6.65. The Labute approximate surface area is 139 Å². The summed E-state index contributed by atoms with van der Waals surface area (Å²) in [4.78, 5) is 11.9. The average molecular weight is 355 g/mol. The highest BCUT2D eigenvalue weighted by Gasteiger charge is 2.13. The summed E-state index contributed by atoms with van der Waals surface area (Å²) >= 11 is 11.7. The van der Waals surface area contributed by atoms with Crippen LogP contribution in [0.15, 0.2) is 53.4 Å². The lowest BCUT2D eigenvalue weighted by Gasteiger charge is -2.06. The fourth-order valence-electron chi connectivity index (χ4n) is 1.90. The number of benzene rings is 2. The fraction of sp³-hybridized carbons (Fsp3) is 0.0625. The molecule has 6 heteroatoms. The molecule has 0 atom stereocenters. The van der Waals surface area contributed by atoms with Gasteiger partial charge in [0.05, 0.1) is 4.90 Å². The highest BCUT2D eigenvalue weighted by atomic mass is 35.5. The van der Waals surface area contributed by atoms with E-state index in [0.717, 1.165) is 6.26 Å². The van der Waals surface area contributed by atoms with E-state index in [9.17, 15) is 13.2 Å². The van der Waals surface area contributed by atoms with Crippen LogP contribution in [0, 0.1) is 0 Å². The lowest BCUT2D eigenvalue weighted by molar-refractivity contribution is -0.106. The van der Waals surface area contributed by atoms with Gasteiger partial charge in [-0.25, -0.2) is 8.42 Å². The molecule has 0 N–H and O–H groups in total. The maximum Gasteiger partial charge on any atom is 0.253 e. The second-order valence-corrected chi connectivity index (χ2v) is 7.42. The van der Waals surface area contributed by atoms with Gasteiger partial charge in [-0.3, -0.25) is 4.79 Å². The highest BCUT2D eigenvalue weighted by Crippen LogP contribution is 2.27. The van der Waals surface area contributed by atoms with Gasteiger partial charge in [-0.2, -0.15) is 0 Å². The van der Waals surface area contributed by atoms with Crippen LogP contribution in [0.5, 0.6) is 0 Å². The van der Waals surface area contributed by atoms with E-state index >= 15 is 0 Å². The number of carbonyl (C=O) groups excluding carboxylic acids is 1. The third-order valence-corrected chi connectivity index (χ3v) is 4.66. The summed E-state index contributed by atoms with van der Waals surface area (Å²) in [6.07, 6.45) is 2.71. The van der Waals surface area contributed by atoms with E-state index < -0.39 is 15.1 Å². The molecule has 22 heavy (non-hydrogen) atoms. The first kappa shape index (κ1) is 16.7. The van der Waals surface area contributed by atoms with Crippen LogP contribution in [-0.4, -0.2) is 19.9 Å². The molecule has 3 nitrogen and oxygen atoms in total. The molecule has 0 spiro atoms. The Balaban J connectivity index is 2.48.